The Morgan fingerprint density at radius 2 is 1.81 bits per heavy atom. The monoisotopic (exact) mass is 329 g/mol. The van der Waals surface area contributed by atoms with Gasteiger partial charge in [0.05, 0.1) is 4.90 Å². The molecule has 0 atom stereocenters. The van der Waals surface area contributed by atoms with Crippen LogP contribution in [0.15, 0.2) is 17.0 Å². The van der Waals surface area contributed by atoms with Gasteiger partial charge < -0.3 is 4.90 Å². The second-order valence-electron chi connectivity index (χ2n) is 5.70. The van der Waals surface area contributed by atoms with Crippen molar-refractivity contribution in [2.45, 2.75) is 50.5 Å². The summed E-state index contributed by atoms with van der Waals surface area (Å²) >= 11 is 0. The summed E-state index contributed by atoms with van der Waals surface area (Å²) in [5.41, 5.74) is 1.97. The van der Waals surface area contributed by atoms with Gasteiger partial charge in [0.2, 0.25) is 0 Å². The van der Waals surface area contributed by atoms with Crippen LogP contribution in [0.25, 0.3) is 0 Å². The van der Waals surface area contributed by atoms with Gasteiger partial charge in [0.1, 0.15) is 0 Å². The van der Waals surface area contributed by atoms with Crippen molar-refractivity contribution in [2.24, 2.45) is 0 Å². The van der Waals surface area contributed by atoms with Crippen LogP contribution in [0.1, 0.15) is 47.2 Å². The highest BCUT2D eigenvalue weighted by atomic mass is 35.7. The Morgan fingerprint density at radius 1 is 1.24 bits per heavy atom. The number of amides is 1. The van der Waals surface area contributed by atoms with E-state index in [0.29, 0.717) is 5.56 Å². The summed E-state index contributed by atoms with van der Waals surface area (Å²) < 4.78 is 23.1. The fourth-order valence-electron chi connectivity index (χ4n) is 2.84. The quantitative estimate of drug-likeness (QED) is 0.800. The molecule has 21 heavy (non-hydrogen) atoms. The fraction of sp³-hybridized carbons (Fsp3) is 0.533. The number of rotatable bonds is 3. The van der Waals surface area contributed by atoms with Crippen LogP contribution in [-0.4, -0.2) is 32.3 Å². The van der Waals surface area contributed by atoms with Crippen LogP contribution in [0.3, 0.4) is 0 Å². The molecule has 1 aliphatic rings. The first-order chi connectivity index (χ1) is 9.71. The zero-order valence-electron chi connectivity index (χ0n) is 12.5. The molecule has 1 amide bonds. The molecule has 0 heterocycles. The number of carbonyl (C=O) groups excluding carboxylic acids is 1. The molecule has 0 saturated heterocycles. The third kappa shape index (κ3) is 3.40. The Hall–Kier alpha value is -1.07. The molecule has 0 radical (unpaired) electrons. The van der Waals surface area contributed by atoms with Crippen LogP contribution in [-0.2, 0) is 9.05 Å². The van der Waals surface area contributed by atoms with Crippen LogP contribution in [0, 0.1) is 13.8 Å². The Labute approximate surface area is 130 Å². The topological polar surface area (TPSA) is 54.5 Å². The molecule has 0 aliphatic heterocycles. The van der Waals surface area contributed by atoms with Crippen LogP contribution < -0.4 is 0 Å². The van der Waals surface area contributed by atoms with Gasteiger partial charge in [-0.2, -0.15) is 0 Å². The molecular weight excluding hydrogens is 310 g/mol. The average molecular weight is 330 g/mol. The van der Waals surface area contributed by atoms with Gasteiger partial charge in [-0.05, 0) is 49.9 Å². The first-order valence-corrected chi connectivity index (χ1v) is 9.36. The van der Waals surface area contributed by atoms with Crippen molar-refractivity contribution in [1.82, 2.24) is 4.90 Å². The molecule has 0 aromatic heterocycles. The van der Waals surface area contributed by atoms with Crippen molar-refractivity contribution in [3.63, 3.8) is 0 Å². The van der Waals surface area contributed by atoms with Crippen LogP contribution >= 0.6 is 10.7 Å². The lowest BCUT2D eigenvalue weighted by atomic mass is 10.0. The molecule has 0 bridgehead atoms. The number of hydrogen-bond acceptors (Lipinski definition) is 3. The highest BCUT2D eigenvalue weighted by Crippen LogP contribution is 2.27. The Balaban J connectivity index is 2.42. The lowest BCUT2D eigenvalue weighted by Gasteiger charge is -2.25. The van der Waals surface area contributed by atoms with Crippen LogP contribution in [0.2, 0.25) is 0 Å². The lowest BCUT2D eigenvalue weighted by molar-refractivity contribution is 0.0734. The minimum Gasteiger partial charge on any atom is -0.339 e. The van der Waals surface area contributed by atoms with Gasteiger partial charge >= 0.3 is 0 Å². The molecule has 1 aromatic carbocycles. The predicted molar refractivity (Wildman–Crippen MR) is 83.3 cm³/mol. The van der Waals surface area contributed by atoms with E-state index in [1.165, 1.54) is 12.1 Å². The van der Waals surface area contributed by atoms with Gasteiger partial charge in [-0.3, -0.25) is 4.79 Å². The smallest absolute Gasteiger partial charge is 0.261 e. The van der Waals surface area contributed by atoms with Crippen molar-refractivity contribution in [1.29, 1.82) is 0 Å². The highest BCUT2D eigenvalue weighted by Gasteiger charge is 2.26. The Kier molecular flexibility index (Phi) is 4.63. The highest BCUT2D eigenvalue weighted by molar-refractivity contribution is 8.13. The van der Waals surface area contributed by atoms with E-state index in [-0.39, 0.29) is 16.8 Å². The molecule has 2 rings (SSSR count). The molecule has 6 heteroatoms. The Morgan fingerprint density at radius 3 is 2.33 bits per heavy atom. The Bertz CT molecular complexity index is 664. The molecule has 116 valence electrons. The summed E-state index contributed by atoms with van der Waals surface area (Å²) in [5.74, 6) is -0.135. The fourth-order valence-corrected chi connectivity index (χ4v) is 3.68. The van der Waals surface area contributed by atoms with E-state index in [1.807, 2.05) is 6.92 Å². The number of hydrogen-bond donors (Lipinski definition) is 0. The summed E-state index contributed by atoms with van der Waals surface area (Å²) in [6, 6.07) is 3.14. The maximum Gasteiger partial charge on any atom is 0.261 e. The summed E-state index contributed by atoms with van der Waals surface area (Å²) in [6.07, 6.45) is 4.29. The standard InChI is InChI=1S/C15H20ClNO3S/c1-10-8-13(21(16,19)20)9-14(11(10)2)15(18)17(3)12-6-4-5-7-12/h8-9,12H,4-7H2,1-3H3. The second kappa shape index (κ2) is 5.97. The first-order valence-electron chi connectivity index (χ1n) is 7.05. The third-order valence-corrected chi connectivity index (χ3v) is 5.68. The van der Waals surface area contributed by atoms with E-state index < -0.39 is 9.05 Å². The lowest BCUT2D eigenvalue weighted by Crippen LogP contribution is -2.35. The van der Waals surface area contributed by atoms with Crippen molar-refractivity contribution < 1.29 is 13.2 Å². The minimum absolute atomic E-state index is 0.0181. The third-order valence-electron chi connectivity index (χ3n) is 4.35. The molecule has 4 nitrogen and oxygen atoms in total. The molecule has 0 N–H and O–H groups in total. The molecule has 1 aliphatic carbocycles. The zero-order valence-corrected chi connectivity index (χ0v) is 14.1. The summed E-state index contributed by atoms with van der Waals surface area (Å²) in [6.45, 7) is 3.61. The van der Waals surface area contributed by atoms with E-state index >= 15 is 0 Å². The molecule has 0 spiro atoms. The van der Waals surface area contributed by atoms with Gasteiger partial charge in [0.25, 0.3) is 15.0 Å². The molecule has 1 fully saturated rings. The van der Waals surface area contributed by atoms with Gasteiger partial charge in [0.15, 0.2) is 0 Å². The van der Waals surface area contributed by atoms with Crippen LogP contribution in [0.5, 0.6) is 0 Å². The summed E-state index contributed by atoms with van der Waals surface area (Å²) in [7, 11) is 3.36. The molecular formula is C15H20ClNO3S. The van der Waals surface area contributed by atoms with Gasteiger partial charge in [0, 0.05) is 29.3 Å². The SMILES string of the molecule is Cc1cc(S(=O)(=O)Cl)cc(C(=O)N(C)C2CCCC2)c1C. The van der Waals surface area contributed by atoms with E-state index in [9.17, 15) is 13.2 Å². The summed E-state index contributed by atoms with van der Waals surface area (Å²) in [4.78, 5) is 14.4. The van der Waals surface area contributed by atoms with E-state index in [0.717, 1.165) is 36.8 Å². The summed E-state index contributed by atoms with van der Waals surface area (Å²) in [5, 5.41) is 0. The normalized spacial score (nSPS) is 16.2. The van der Waals surface area contributed by atoms with E-state index in [2.05, 4.69) is 0 Å². The number of nitrogens with zero attached hydrogens (tertiary/aromatic N) is 1. The van der Waals surface area contributed by atoms with Gasteiger partial charge in [-0.25, -0.2) is 8.42 Å². The molecule has 1 saturated carbocycles. The number of benzene rings is 1. The van der Waals surface area contributed by atoms with Crippen molar-refractivity contribution in [3.05, 3.63) is 28.8 Å². The zero-order chi connectivity index (χ0) is 15.8. The second-order valence-corrected chi connectivity index (χ2v) is 8.27. The van der Waals surface area contributed by atoms with Crippen LogP contribution in [0.4, 0.5) is 0 Å². The minimum atomic E-state index is -3.84. The van der Waals surface area contributed by atoms with Gasteiger partial charge in [-0.1, -0.05) is 12.8 Å². The van der Waals surface area contributed by atoms with Gasteiger partial charge in [-0.15, -0.1) is 0 Å². The largest absolute Gasteiger partial charge is 0.339 e. The molecule has 1 aromatic rings. The van der Waals surface area contributed by atoms with E-state index in [4.69, 9.17) is 10.7 Å². The predicted octanol–water partition coefficient (Wildman–Crippen LogP) is 3.25. The van der Waals surface area contributed by atoms with Crippen molar-refractivity contribution >= 4 is 25.6 Å². The average Bonchev–Trinajstić information content (AvgIpc) is 2.92. The first kappa shape index (κ1) is 16.3. The number of aryl methyl sites for hydroxylation is 1. The van der Waals surface area contributed by atoms with E-state index in [1.54, 1.807) is 18.9 Å². The van der Waals surface area contributed by atoms with Crippen molar-refractivity contribution in [3.8, 4) is 0 Å². The number of carbonyl (C=O) groups is 1. The number of halogens is 1. The maximum absolute atomic E-state index is 12.7. The van der Waals surface area contributed by atoms with Crippen molar-refractivity contribution in [2.75, 3.05) is 7.05 Å². The maximum atomic E-state index is 12.7. The molecule has 0 unspecified atom stereocenters.